The molecule has 0 aliphatic carbocycles. The third-order valence-corrected chi connectivity index (χ3v) is 7.74. The van der Waals surface area contributed by atoms with Crippen molar-refractivity contribution in [2.24, 2.45) is 0 Å². The van der Waals surface area contributed by atoms with Crippen molar-refractivity contribution in [1.29, 1.82) is 0 Å². The topological polar surface area (TPSA) is 77.6 Å². The molecule has 5 heterocycles. The number of aryl methyl sites for hydroxylation is 1. The lowest BCUT2D eigenvalue weighted by Gasteiger charge is -2.40. The number of nitrogens with one attached hydrogen (secondary N) is 1. The Bertz CT molecular complexity index is 1340. The standard InChI is InChI=1S/C30H35N5O3/c1-22-15-25(18-35(22)17-23-5-10-28(32-16-23)31-11-14-34-12-3-4-13-34)29-33-27(19-38-29)24-6-8-26(9-7-24)30(36-2)20-37-21-30/h5-10,15-16,18-19H,3-4,11-14,17,20-21H2,1-2H3,(H,31,32). The number of pyridine rings is 1. The maximum Gasteiger partial charge on any atom is 0.228 e. The lowest BCUT2D eigenvalue weighted by atomic mass is 9.91. The van der Waals surface area contributed by atoms with Gasteiger partial charge in [0.15, 0.2) is 0 Å². The van der Waals surface area contributed by atoms with Crippen molar-refractivity contribution in [3.8, 4) is 22.7 Å². The van der Waals surface area contributed by atoms with E-state index in [1.54, 1.807) is 13.4 Å². The summed E-state index contributed by atoms with van der Waals surface area (Å²) in [5, 5.41) is 3.44. The van der Waals surface area contributed by atoms with Gasteiger partial charge >= 0.3 is 0 Å². The number of aromatic nitrogens is 3. The summed E-state index contributed by atoms with van der Waals surface area (Å²) < 4.78 is 19.1. The summed E-state index contributed by atoms with van der Waals surface area (Å²) in [4.78, 5) is 11.9. The molecule has 0 atom stereocenters. The van der Waals surface area contributed by atoms with Crippen LogP contribution in [0, 0.1) is 6.92 Å². The van der Waals surface area contributed by atoms with Crippen molar-refractivity contribution in [1.82, 2.24) is 19.4 Å². The maximum absolute atomic E-state index is 5.87. The number of likely N-dealkylation sites (tertiary alicyclic amines) is 1. The number of hydrogen-bond acceptors (Lipinski definition) is 7. The van der Waals surface area contributed by atoms with Crippen LogP contribution in [0.1, 0.15) is 29.7 Å². The molecular formula is C30H35N5O3. The molecule has 2 saturated heterocycles. The van der Waals surface area contributed by atoms with Crippen LogP contribution >= 0.6 is 0 Å². The fourth-order valence-corrected chi connectivity index (χ4v) is 5.24. The molecule has 1 aromatic carbocycles. The average Bonchev–Trinajstić information content (AvgIpc) is 3.68. The highest BCUT2D eigenvalue weighted by Crippen LogP contribution is 2.34. The number of hydrogen-bond donors (Lipinski definition) is 1. The Labute approximate surface area is 223 Å². The van der Waals surface area contributed by atoms with Crippen LogP contribution < -0.4 is 5.32 Å². The summed E-state index contributed by atoms with van der Waals surface area (Å²) in [5.74, 6) is 1.54. The van der Waals surface area contributed by atoms with Crippen molar-refractivity contribution < 1.29 is 13.9 Å². The fourth-order valence-electron chi connectivity index (χ4n) is 5.24. The quantitative estimate of drug-likeness (QED) is 0.322. The molecule has 38 heavy (non-hydrogen) atoms. The van der Waals surface area contributed by atoms with E-state index in [4.69, 9.17) is 18.9 Å². The highest BCUT2D eigenvalue weighted by Gasteiger charge is 2.40. The number of oxazole rings is 1. The van der Waals surface area contributed by atoms with Gasteiger partial charge in [-0.1, -0.05) is 30.3 Å². The number of ether oxygens (including phenoxy) is 2. The molecule has 0 spiro atoms. The zero-order valence-corrected chi connectivity index (χ0v) is 22.2. The van der Waals surface area contributed by atoms with Crippen molar-refractivity contribution in [3.05, 3.63) is 77.9 Å². The predicted molar refractivity (Wildman–Crippen MR) is 147 cm³/mol. The van der Waals surface area contributed by atoms with Crippen LogP contribution in [0.3, 0.4) is 0 Å². The van der Waals surface area contributed by atoms with Gasteiger partial charge in [-0.25, -0.2) is 9.97 Å². The van der Waals surface area contributed by atoms with E-state index < -0.39 is 0 Å². The van der Waals surface area contributed by atoms with Gasteiger partial charge in [0.05, 0.1) is 18.8 Å². The summed E-state index contributed by atoms with van der Waals surface area (Å²) in [6, 6.07) is 14.6. The van der Waals surface area contributed by atoms with Crippen LogP contribution in [0.15, 0.2) is 65.5 Å². The number of nitrogens with zero attached hydrogens (tertiary/aromatic N) is 4. The molecule has 0 radical (unpaired) electrons. The Morgan fingerprint density at radius 2 is 1.87 bits per heavy atom. The summed E-state index contributed by atoms with van der Waals surface area (Å²) in [5.41, 5.74) is 5.86. The van der Waals surface area contributed by atoms with Gasteiger partial charge in [0.1, 0.15) is 23.4 Å². The Balaban J connectivity index is 1.08. The predicted octanol–water partition coefficient (Wildman–Crippen LogP) is 4.94. The number of anilines is 1. The van der Waals surface area contributed by atoms with E-state index in [9.17, 15) is 0 Å². The molecule has 0 bridgehead atoms. The van der Waals surface area contributed by atoms with Gasteiger partial charge in [0.2, 0.25) is 5.89 Å². The zero-order chi connectivity index (χ0) is 26.0. The van der Waals surface area contributed by atoms with E-state index in [0.29, 0.717) is 19.1 Å². The van der Waals surface area contributed by atoms with Gasteiger partial charge in [0, 0.05) is 50.4 Å². The molecule has 1 N–H and O–H groups in total. The minimum absolute atomic E-state index is 0.326. The Kier molecular flexibility index (Phi) is 7.02. The first-order chi connectivity index (χ1) is 18.6. The van der Waals surface area contributed by atoms with Gasteiger partial charge in [-0.3, -0.25) is 0 Å². The van der Waals surface area contributed by atoms with E-state index in [0.717, 1.165) is 59.1 Å². The Morgan fingerprint density at radius 1 is 1.05 bits per heavy atom. The maximum atomic E-state index is 5.87. The van der Waals surface area contributed by atoms with Gasteiger partial charge < -0.3 is 28.7 Å². The van der Waals surface area contributed by atoms with Crippen LogP contribution in [0.25, 0.3) is 22.7 Å². The lowest BCUT2D eigenvalue weighted by Crippen LogP contribution is -2.48. The first-order valence-electron chi connectivity index (χ1n) is 13.4. The van der Waals surface area contributed by atoms with Crippen LogP contribution in [-0.4, -0.2) is 65.9 Å². The molecular weight excluding hydrogens is 478 g/mol. The van der Waals surface area contributed by atoms with E-state index in [2.05, 4.69) is 75.4 Å². The van der Waals surface area contributed by atoms with Crippen LogP contribution in [0.5, 0.6) is 0 Å². The highest BCUT2D eigenvalue weighted by atomic mass is 16.6. The third-order valence-electron chi connectivity index (χ3n) is 7.74. The van der Waals surface area contributed by atoms with Gasteiger partial charge in [0.25, 0.3) is 0 Å². The Hall–Kier alpha value is -3.46. The summed E-state index contributed by atoms with van der Waals surface area (Å²) >= 11 is 0. The normalized spacial score (nSPS) is 17.0. The molecule has 8 heteroatoms. The van der Waals surface area contributed by atoms with Crippen LogP contribution in [0.2, 0.25) is 0 Å². The second-order valence-electron chi connectivity index (χ2n) is 10.3. The number of rotatable bonds is 10. The monoisotopic (exact) mass is 513 g/mol. The minimum Gasteiger partial charge on any atom is -0.444 e. The SMILES string of the molecule is COC1(c2ccc(-c3coc(-c4cc(C)n(Cc5ccc(NCCN6CCCC6)nc5)c4)n3)cc2)COC1. The molecule has 3 aromatic heterocycles. The summed E-state index contributed by atoms with van der Waals surface area (Å²) in [7, 11) is 1.73. The first kappa shape index (κ1) is 24.9. The molecule has 8 nitrogen and oxygen atoms in total. The average molecular weight is 514 g/mol. The molecule has 0 unspecified atom stereocenters. The third kappa shape index (κ3) is 5.12. The summed E-state index contributed by atoms with van der Waals surface area (Å²) in [6.45, 7) is 8.47. The number of methoxy groups -OCH3 is 1. The fraction of sp³-hybridized carbons (Fsp3) is 0.400. The van der Waals surface area contributed by atoms with Gasteiger partial charge in [-0.05, 0) is 56.1 Å². The van der Waals surface area contributed by atoms with Crippen molar-refractivity contribution in [2.75, 3.05) is 51.8 Å². The van der Waals surface area contributed by atoms with Crippen LogP contribution in [0.4, 0.5) is 5.82 Å². The van der Waals surface area contributed by atoms with E-state index in [1.165, 1.54) is 25.9 Å². The van der Waals surface area contributed by atoms with E-state index >= 15 is 0 Å². The molecule has 2 aliphatic rings. The molecule has 4 aromatic rings. The van der Waals surface area contributed by atoms with Crippen LogP contribution in [-0.2, 0) is 21.6 Å². The minimum atomic E-state index is -0.326. The summed E-state index contributed by atoms with van der Waals surface area (Å²) in [6.07, 6.45) is 8.41. The van der Waals surface area contributed by atoms with Gasteiger partial charge in [-0.15, -0.1) is 0 Å². The molecule has 198 valence electrons. The second kappa shape index (κ2) is 10.7. The molecule has 0 amide bonds. The van der Waals surface area contributed by atoms with Crippen molar-refractivity contribution in [3.63, 3.8) is 0 Å². The molecule has 0 saturated carbocycles. The molecule has 2 fully saturated rings. The highest BCUT2D eigenvalue weighted by molar-refractivity contribution is 5.63. The smallest absolute Gasteiger partial charge is 0.228 e. The van der Waals surface area contributed by atoms with Crippen molar-refractivity contribution in [2.45, 2.75) is 31.9 Å². The van der Waals surface area contributed by atoms with E-state index in [-0.39, 0.29) is 5.60 Å². The largest absolute Gasteiger partial charge is 0.444 e. The van der Waals surface area contributed by atoms with E-state index in [1.807, 2.05) is 6.20 Å². The van der Waals surface area contributed by atoms with Crippen molar-refractivity contribution >= 4 is 5.82 Å². The zero-order valence-electron chi connectivity index (χ0n) is 22.2. The molecule has 6 rings (SSSR count). The Morgan fingerprint density at radius 3 is 2.55 bits per heavy atom. The van der Waals surface area contributed by atoms with Gasteiger partial charge in [-0.2, -0.15) is 0 Å². The number of benzene rings is 1. The lowest BCUT2D eigenvalue weighted by molar-refractivity contribution is -0.202. The first-order valence-corrected chi connectivity index (χ1v) is 13.4. The second-order valence-corrected chi connectivity index (χ2v) is 10.3. The molecule has 2 aliphatic heterocycles.